The summed E-state index contributed by atoms with van der Waals surface area (Å²) >= 11 is 6.38. The summed E-state index contributed by atoms with van der Waals surface area (Å²) in [6, 6.07) is 20.6. The van der Waals surface area contributed by atoms with Gasteiger partial charge in [0.05, 0.1) is 10.6 Å². The summed E-state index contributed by atoms with van der Waals surface area (Å²) in [6.07, 6.45) is 5.54. The molecule has 1 aliphatic rings. The third-order valence-electron chi connectivity index (χ3n) is 6.46. The van der Waals surface area contributed by atoms with Crippen LogP contribution in [0.25, 0.3) is 5.69 Å². The molecule has 0 amide bonds. The van der Waals surface area contributed by atoms with Gasteiger partial charge in [0.1, 0.15) is 24.4 Å². The number of nitrogens with zero attached hydrogens (tertiary/aromatic N) is 4. The minimum absolute atomic E-state index is 0.134. The van der Waals surface area contributed by atoms with E-state index in [9.17, 15) is 4.79 Å². The van der Waals surface area contributed by atoms with Crippen molar-refractivity contribution in [3.8, 4) is 11.6 Å². The van der Waals surface area contributed by atoms with Crippen LogP contribution in [-0.2, 0) is 11.3 Å². The average Bonchev–Trinajstić information content (AvgIpc) is 3.30. The number of hydrogen-bond donors (Lipinski definition) is 0. The second kappa shape index (κ2) is 10.9. The molecule has 1 aliphatic carbocycles. The van der Waals surface area contributed by atoms with Crippen molar-refractivity contribution >= 4 is 17.6 Å². The number of carbonyl (C=O) groups excluding carboxylic acids is 1. The highest BCUT2D eigenvalue weighted by molar-refractivity contribution is 6.33. The maximum absolute atomic E-state index is 12.9. The number of ether oxygens (including phenoxy) is 2. The minimum Gasteiger partial charge on any atom is -0.474 e. The predicted molar refractivity (Wildman–Crippen MR) is 137 cm³/mol. The molecular weight excluding hydrogens is 476 g/mol. The highest BCUT2D eigenvalue weighted by Gasteiger charge is 2.28. The van der Waals surface area contributed by atoms with Crippen LogP contribution in [-0.4, -0.2) is 31.8 Å². The third-order valence-corrected chi connectivity index (χ3v) is 6.78. The standard InChI is InChI=1S/C28H27ClN4O3/c1-19-31-32-27(21-10-13-23(14-11-21)36-26-9-5-6-16-30-26)33(19)22-12-15-25(29)24(17-22)28(34)35-18-20-7-3-2-4-8-20/h2-9,12,15-17,21,23H,10-11,13-14,18H2,1H3/t21-,23-. The van der Waals surface area contributed by atoms with Gasteiger partial charge in [-0.25, -0.2) is 9.78 Å². The van der Waals surface area contributed by atoms with Crippen molar-refractivity contribution in [2.75, 3.05) is 0 Å². The van der Waals surface area contributed by atoms with Gasteiger partial charge in [0.15, 0.2) is 0 Å². The Morgan fingerprint density at radius 1 is 1.00 bits per heavy atom. The average molecular weight is 503 g/mol. The van der Waals surface area contributed by atoms with Gasteiger partial charge >= 0.3 is 5.97 Å². The summed E-state index contributed by atoms with van der Waals surface area (Å²) in [7, 11) is 0. The van der Waals surface area contributed by atoms with Crippen LogP contribution in [0.3, 0.4) is 0 Å². The smallest absolute Gasteiger partial charge is 0.340 e. The van der Waals surface area contributed by atoms with E-state index in [2.05, 4.69) is 15.2 Å². The summed E-state index contributed by atoms with van der Waals surface area (Å²) in [5.41, 5.74) is 2.02. The highest BCUT2D eigenvalue weighted by Crippen LogP contribution is 2.35. The van der Waals surface area contributed by atoms with Crippen LogP contribution in [0.2, 0.25) is 5.02 Å². The topological polar surface area (TPSA) is 79.1 Å². The molecule has 0 N–H and O–H groups in total. The lowest BCUT2D eigenvalue weighted by Gasteiger charge is -2.28. The monoisotopic (exact) mass is 502 g/mol. The molecule has 0 spiro atoms. The SMILES string of the molecule is Cc1nnc([C@H]2CC[C@H](Oc3ccccn3)CC2)n1-c1ccc(Cl)c(C(=O)OCc2ccccc2)c1. The molecule has 2 aromatic carbocycles. The zero-order valence-electron chi connectivity index (χ0n) is 20.0. The molecule has 0 bridgehead atoms. The Hall–Kier alpha value is -3.71. The first kappa shape index (κ1) is 24.0. The van der Waals surface area contributed by atoms with Crippen LogP contribution in [0.5, 0.6) is 5.88 Å². The normalized spacial score (nSPS) is 17.5. The lowest BCUT2D eigenvalue weighted by molar-refractivity contribution is 0.0473. The molecule has 2 heterocycles. The molecule has 0 saturated heterocycles. The summed E-state index contributed by atoms with van der Waals surface area (Å²) in [5, 5.41) is 9.20. The van der Waals surface area contributed by atoms with Crippen molar-refractivity contribution in [3.05, 3.63) is 101 Å². The van der Waals surface area contributed by atoms with E-state index in [4.69, 9.17) is 21.1 Å². The van der Waals surface area contributed by atoms with Gasteiger partial charge in [0.25, 0.3) is 0 Å². The van der Waals surface area contributed by atoms with Crippen molar-refractivity contribution in [3.63, 3.8) is 0 Å². The maximum Gasteiger partial charge on any atom is 0.340 e. The van der Waals surface area contributed by atoms with Gasteiger partial charge < -0.3 is 9.47 Å². The Morgan fingerprint density at radius 2 is 1.78 bits per heavy atom. The Bertz CT molecular complexity index is 1320. The van der Waals surface area contributed by atoms with Crippen molar-refractivity contribution in [2.24, 2.45) is 0 Å². The summed E-state index contributed by atoms with van der Waals surface area (Å²) < 4.78 is 13.6. The van der Waals surface area contributed by atoms with Crippen LogP contribution >= 0.6 is 11.6 Å². The Kier molecular flexibility index (Phi) is 7.28. The molecule has 8 heteroatoms. The molecule has 0 atom stereocenters. The molecule has 184 valence electrons. The van der Waals surface area contributed by atoms with E-state index < -0.39 is 5.97 Å². The molecule has 2 aromatic heterocycles. The highest BCUT2D eigenvalue weighted by atomic mass is 35.5. The third kappa shape index (κ3) is 5.41. The summed E-state index contributed by atoms with van der Waals surface area (Å²) in [6.45, 7) is 2.09. The van der Waals surface area contributed by atoms with Crippen molar-refractivity contribution < 1.29 is 14.3 Å². The largest absolute Gasteiger partial charge is 0.474 e. The number of halogens is 1. The predicted octanol–water partition coefficient (Wildman–Crippen LogP) is 6.09. The number of carbonyl (C=O) groups is 1. The van der Waals surface area contributed by atoms with E-state index in [0.29, 0.717) is 16.5 Å². The fourth-order valence-electron chi connectivity index (χ4n) is 4.60. The van der Waals surface area contributed by atoms with Gasteiger partial charge in [-0.15, -0.1) is 10.2 Å². The van der Waals surface area contributed by atoms with Crippen LogP contribution in [0.4, 0.5) is 0 Å². The van der Waals surface area contributed by atoms with Gasteiger partial charge in [0.2, 0.25) is 5.88 Å². The Balaban J connectivity index is 1.31. The Labute approximate surface area is 215 Å². The van der Waals surface area contributed by atoms with E-state index in [1.54, 1.807) is 18.3 Å². The molecule has 1 saturated carbocycles. The van der Waals surface area contributed by atoms with Gasteiger partial charge in [-0.3, -0.25) is 4.57 Å². The fraction of sp³-hybridized carbons (Fsp3) is 0.286. The van der Waals surface area contributed by atoms with Crippen LogP contribution in [0, 0.1) is 6.92 Å². The zero-order valence-corrected chi connectivity index (χ0v) is 20.8. The summed E-state index contributed by atoms with van der Waals surface area (Å²) in [4.78, 5) is 17.1. The lowest BCUT2D eigenvalue weighted by Crippen LogP contribution is -2.25. The second-order valence-electron chi connectivity index (χ2n) is 8.93. The number of benzene rings is 2. The first-order valence-electron chi connectivity index (χ1n) is 12.1. The van der Waals surface area contributed by atoms with E-state index in [1.165, 1.54) is 0 Å². The number of aromatic nitrogens is 4. The van der Waals surface area contributed by atoms with Gasteiger partial charge in [0, 0.05) is 23.9 Å². The molecule has 0 aliphatic heterocycles. The molecular formula is C28H27ClN4O3. The molecule has 1 fully saturated rings. The number of pyridine rings is 1. The van der Waals surface area contributed by atoms with Gasteiger partial charge in [-0.05, 0) is 62.4 Å². The van der Waals surface area contributed by atoms with E-state index in [0.717, 1.165) is 48.6 Å². The van der Waals surface area contributed by atoms with Gasteiger partial charge in [-0.2, -0.15) is 0 Å². The number of esters is 1. The molecule has 4 aromatic rings. The first-order chi connectivity index (χ1) is 17.6. The van der Waals surface area contributed by atoms with Crippen molar-refractivity contribution in [2.45, 2.75) is 51.2 Å². The van der Waals surface area contributed by atoms with Crippen LogP contribution in [0.1, 0.15) is 59.2 Å². The van der Waals surface area contributed by atoms with Crippen molar-refractivity contribution in [1.82, 2.24) is 19.7 Å². The fourth-order valence-corrected chi connectivity index (χ4v) is 4.79. The lowest BCUT2D eigenvalue weighted by atomic mass is 9.86. The molecule has 36 heavy (non-hydrogen) atoms. The molecule has 0 unspecified atom stereocenters. The number of aryl methyl sites for hydroxylation is 1. The summed E-state index contributed by atoms with van der Waals surface area (Å²) in [5.74, 6) is 2.06. The molecule has 0 radical (unpaired) electrons. The maximum atomic E-state index is 12.9. The number of rotatable bonds is 7. The van der Waals surface area contributed by atoms with Crippen LogP contribution < -0.4 is 4.74 Å². The zero-order chi connectivity index (χ0) is 24.9. The minimum atomic E-state index is -0.467. The Morgan fingerprint density at radius 3 is 2.53 bits per heavy atom. The number of hydrogen-bond acceptors (Lipinski definition) is 6. The molecule has 7 nitrogen and oxygen atoms in total. The van der Waals surface area contributed by atoms with E-state index >= 15 is 0 Å². The van der Waals surface area contributed by atoms with Gasteiger partial charge in [-0.1, -0.05) is 48.0 Å². The quantitative estimate of drug-likeness (QED) is 0.285. The van der Waals surface area contributed by atoms with E-state index in [-0.39, 0.29) is 18.6 Å². The van der Waals surface area contributed by atoms with Crippen molar-refractivity contribution in [1.29, 1.82) is 0 Å². The molecule has 5 rings (SSSR count). The first-order valence-corrected chi connectivity index (χ1v) is 12.5. The van der Waals surface area contributed by atoms with E-state index in [1.807, 2.05) is 66.1 Å². The second-order valence-corrected chi connectivity index (χ2v) is 9.33. The van der Waals surface area contributed by atoms with Crippen LogP contribution in [0.15, 0.2) is 72.9 Å².